The molecule has 0 bridgehead atoms. The van der Waals surface area contributed by atoms with Crippen molar-refractivity contribution in [3.63, 3.8) is 0 Å². The molecule has 0 fully saturated rings. The summed E-state index contributed by atoms with van der Waals surface area (Å²) in [7, 11) is 0. The predicted octanol–water partition coefficient (Wildman–Crippen LogP) is 6.11. The maximum Gasteiger partial charge on any atom is 0.0443 e. The molecule has 0 aliphatic rings. The minimum Gasteiger partial charge on any atom is -0.0840 e. The second-order valence-electron chi connectivity index (χ2n) is 4.92. The number of benzene rings is 1. The molecule has 1 unspecified atom stereocenters. The Morgan fingerprint density at radius 1 is 1.12 bits per heavy atom. The standard InChI is InChI=1S/C16H25Cl/c1-4-6-7-8-11-14(5-2)16-13(3)10-9-12-15(16)17/h9-10,12,14H,4-8,11H2,1-3H3. The van der Waals surface area contributed by atoms with E-state index in [9.17, 15) is 0 Å². The molecule has 17 heavy (non-hydrogen) atoms. The van der Waals surface area contributed by atoms with Gasteiger partial charge in [-0.1, -0.05) is 63.3 Å². The molecule has 1 atom stereocenters. The Morgan fingerprint density at radius 2 is 1.88 bits per heavy atom. The molecule has 0 saturated carbocycles. The Labute approximate surface area is 111 Å². The van der Waals surface area contributed by atoms with Gasteiger partial charge in [0.15, 0.2) is 0 Å². The van der Waals surface area contributed by atoms with Crippen LogP contribution in [-0.4, -0.2) is 0 Å². The average Bonchev–Trinajstić information content (AvgIpc) is 2.31. The Bertz CT molecular complexity index is 310. The molecule has 0 aromatic heterocycles. The van der Waals surface area contributed by atoms with Crippen molar-refractivity contribution >= 4 is 11.6 Å². The quantitative estimate of drug-likeness (QED) is 0.514. The highest BCUT2D eigenvalue weighted by atomic mass is 35.5. The molecular weight excluding hydrogens is 228 g/mol. The summed E-state index contributed by atoms with van der Waals surface area (Å²) in [5.41, 5.74) is 2.73. The third kappa shape index (κ3) is 4.35. The van der Waals surface area contributed by atoms with Crippen molar-refractivity contribution < 1.29 is 0 Å². The van der Waals surface area contributed by atoms with E-state index in [1.54, 1.807) is 0 Å². The topological polar surface area (TPSA) is 0 Å². The third-order valence-electron chi connectivity index (χ3n) is 3.58. The van der Waals surface area contributed by atoms with E-state index < -0.39 is 0 Å². The molecule has 1 aromatic rings. The molecular formula is C16H25Cl. The van der Waals surface area contributed by atoms with Crippen LogP contribution in [0.15, 0.2) is 18.2 Å². The van der Waals surface area contributed by atoms with Crippen LogP contribution in [0.1, 0.15) is 69.4 Å². The van der Waals surface area contributed by atoms with Gasteiger partial charge >= 0.3 is 0 Å². The fourth-order valence-electron chi connectivity index (χ4n) is 2.53. The van der Waals surface area contributed by atoms with Crippen LogP contribution in [-0.2, 0) is 0 Å². The van der Waals surface area contributed by atoms with Crippen molar-refractivity contribution in [2.24, 2.45) is 0 Å². The van der Waals surface area contributed by atoms with Gasteiger partial charge in [-0.2, -0.15) is 0 Å². The van der Waals surface area contributed by atoms with Crippen LogP contribution >= 0.6 is 11.6 Å². The zero-order valence-electron chi connectivity index (χ0n) is 11.4. The summed E-state index contributed by atoms with van der Waals surface area (Å²) >= 11 is 6.34. The normalized spacial score (nSPS) is 12.7. The highest BCUT2D eigenvalue weighted by Crippen LogP contribution is 2.33. The zero-order chi connectivity index (χ0) is 12.7. The molecule has 0 spiro atoms. The molecule has 0 saturated heterocycles. The SMILES string of the molecule is CCCCCCC(CC)c1c(C)cccc1Cl. The summed E-state index contributed by atoms with van der Waals surface area (Å²) in [6.45, 7) is 6.71. The summed E-state index contributed by atoms with van der Waals surface area (Å²) in [6, 6.07) is 6.25. The van der Waals surface area contributed by atoms with E-state index in [1.807, 2.05) is 12.1 Å². The first kappa shape index (κ1) is 14.6. The number of halogens is 1. The highest BCUT2D eigenvalue weighted by Gasteiger charge is 2.14. The molecule has 0 radical (unpaired) electrons. The van der Waals surface area contributed by atoms with Gasteiger partial charge in [0.05, 0.1) is 0 Å². The van der Waals surface area contributed by atoms with Crippen molar-refractivity contribution in [2.45, 2.75) is 65.2 Å². The van der Waals surface area contributed by atoms with Crippen LogP contribution in [0.3, 0.4) is 0 Å². The lowest BCUT2D eigenvalue weighted by atomic mass is 9.88. The summed E-state index contributed by atoms with van der Waals surface area (Å²) in [5, 5.41) is 0.951. The molecule has 0 aliphatic heterocycles. The van der Waals surface area contributed by atoms with Crippen molar-refractivity contribution in [3.8, 4) is 0 Å². The molecule has 0 aliphatic carbocycles. The van der Waals surface area contributed by atoms with Crippen LogP contribution in [0, 0.1) is 6.92 Å². The first-order chi connectivity index (χ1) is 8.20. The van der Waals surface area contributed by atoms with Crippen molar-refractivity contribution in [3.05, 3.63) is 34.3 Å². The number of aryl methyl sites for hydroxylation is 1. The lowest BCUT2D eigenvalue weighted by Crippen LogP contribution is -2.01. The van der Waals surface area contributed by atoms with E-state index >= 15 is 0 Å². The molecule has 0 nitrogen and oxygen atoms in total. The van der Waals surface area contributed by atoms with Crippen molar-refractivity contribution in [1.29, 1.82) is 0 Å². The molecule has 0 N–H and O–H groups in total. The zero-order valence-corrected chi connectivity index (χ0v) is 12.2. The van der Waals surface area contributed by atoms with Crippen molar-refractivity contribution in [2.75, 3.05) is 0 Å². The molecule has 0 heterocycles. The molecule has 1 aromatic carbocycles. The van der Waals surface area contributed by atoms with Gasteiger partial charge in [-0.3, -0.25) is 0 Å². The highest BCUT2D eigenvalue weighted by molar-refractivity contribution is 6.31. The number of rotatable bonds is 7. The summed E-state index contributed by atoms with van der Waals surface area (Å²) < 4.78 is 0. The van der Waals surface area contributed by atoms with E-state index in [-0.39, 0.29) is 0 Å². The molecule has 0 amide bonds. The Balaban J connectivity index is 2.66. The van der Waals surface area contributed by atoms with E-state index in [2.05, 4.69) is 26.8 Å². The van der Waals surface area contributed by atoms with Gasteiger partial charge in [-0.25, -0.2) is 0 Å². The number of hydrogen-bond donors (Lipinski definition) is 0. The van der Waals surface area contributed by atoms with Gasteiger partial charge < -0.3 is 0 Å². The van der Waals surface area contributed by atoms with E-state index in [1.165, 1.54) is 49.7 Å². The van der Waals surface area contributed by atoms with Crippen LogP contribution in [0.25, 0.3) is 0 Å². The fourth-order valence-corrected chi connectivity index (χ4v) is 2.91. The predicted molar refractivity (Wildman–Crippen MR) is 78.0 cm³/mol. The summed E-state index contributed by atoms with van der Waals surface area (Å²) in [5.74, 6) is 0.639. The van der Waals surface area contributed by atoms with Gasteiger partial charge in [-0.05, 0) is 42.9 Å². The first-order valence-corrected chi connectivity index (χ1v) is 7.33. The first-order valence-electron chi connectivity index (χ1n) is 6.95. The van der Waals surface area contributed by atoms with Crippen molar-refractivity contribution in [1.82, 2.24) is 0 Å². The largest absolute Gasteiger partial charge is 0.0840 e. The van der Waals surface area contributed by atoms with E-state index in [0.717, 1.165) is 5.02 Å². The van der Waals surface area contributed by atoms with E-state index in [4.69, 9.17) is 11.6 Å². The fraction of sp³-hybridized carbons (Fsp3) is 0.625. The van der Waals surface area contributed by atoms with Crippen LogP contribution in [0.4, 0.5) is 0 Å². The van der Waals surface area contributed by atoms with Gasteiger partial charge in [0.25, 0.3) is 0 Å². The number of unbranched alkanes of at least 4 members (excludes halogenated alkanes) is 3. The molecule has 96 valence electrons. The van der Waals surface area contributed by atoms with E-state index in [0.29, 0.717) is 5.92 Å². The maximum atomic E-state index is 6.34. The van der Waals surface area contributed by atoms with Gasteiger partial charge in [0.2, 0.25) is 0 Å². The second kappa shape index (κ2) is 7.76. The van der Waals surface area contributed by atoms with Gasteiger partial charge in [-0.15, -0.1) is 0 Å². The van der Waals surface area contributed by atoms with Crippen LogP contribution in [0.5, 0.6) is 0 Å². The third-order valence-corrected chi connectivity index (χ3v) is 3.91. The minimum atomic E-state index is 0.639. The summed E-state index contributed by atoms with van der Waals surface area (Å²) in [6.07, 6.45) is 7.82. The maximum absolute atomic E-state index is 6.34. The summed E-state index contributed by atoms with van der Waals surface area (Å²) in [4.78, 5) is 0. The molecule has 1 heteroatoms. The monoisotopic (exact) mass is 252 g/mol. The smallest absolute Gasteiger partial charge is 0.0443 e. The lowest BCUT2D eigenvalue weighted by molar-refractivity contribution is 0.541. The Morgan fingerprint density at radius 3 is 2.47 bits per heavy atom. The minimum absolute atomic E-state index is 0.639. The van der Waals surface area contributed by atoms with Crippen LogP contribution < -0.4 is 0 Å². The van der Waals surface area contributed by atoms with Gasteiger partial charge in [0, 0.05) is 5.02 Å². The molecule has 1 rings (SSSR count). The van der Waals surface area contributed by atoms with Gasteiger partial charge in [0.1, 0.15) is 0 Å². The van der Waals surface area contributed by atoms with Crippen LogP contribution in [0.2, 0.25) is 5.02 Å². The lowest BCUT2D eigenvalue weighted by Gasteiger charge is -2.19. The average molecular weight is 253 g/mol. The Kier molecular flexibility index (Phi) is 6.65. The Hall–Kier alpha value is -0.490. The second-order valence-corrected chi connectivity index (χ2v) is 5.33. The number of hydrogen-bond acceptors (Lipinski definition) is 0.